The molecular formula is C12H12KNO4. The standard InChI is InChI=1S/C6H5NO2.C6H8O2.K/c8-6(9)5-2-1-3-7-4-5;1-2-3-4-5-6(7)8;/h1-4H,(H,8,9);2-5H,1H3,(H,7,8);/q;;+1/p-1/b;3-2+,5-4+;. The molecule has 18 heavy (non-hydrogen) atoms. The minimum Gasteiger partial charge on any atom is -0.545 e. The number of pyridine rings is 1. The number of allylic oxidation sites excluding steroid dienone is 3. The second-order valence-electron chi connectivity index (χ2n) is 2.75. The number of aromatic nitrogens is 1. The maximum atomic E-state index is 10.2. The number of carboxylic acid groups (broad SMARTS) is 2. The van der Waals surface area contributed by atoms with Crippen molar-refractivity contribution >= 4 is 11.9 Å². The summed E-state index contributed by atoms with van der Waals surface area (Å²) in [6.07, 6.45) is 8.58. The van der Waals surface area contributed by atoms with Gasteiger partial charge in [0.1, 0.15) is 0 Å². The Labute approximate surface area is 148 Å². The van der Waals surface area contributed by atoms with Gasteiger partial charge in [-0.25, -0.2) is 4.79 Å². The molecule has 0 unspecified atom stereocenters. The van der Waals surface area contributed by atoms with Gasteiger partial charge in [0.05, 0.1) is 11.5 Å². The maximum absolute atomic E-state index is 10.2. The number of aliphatic carboxylic acids is 1. The average molecular weight is 273 g/mol. The molecule has 0 aliphatic rings. The van der Waals surface area contributed by atoms with Gasteiger partial charge in [0.25, 0.3) is 0 Å². The molecule has 1 heterocycles. The van der Waals surface area contributed by atoms with Crippen molar-refractivity contribution in [2.24, 2.45) is 0 Å². The van der Waals surface area contributed by atoms with E-state index in [9.17, 15) is 14.7 Å². The van der Waals surface area contributed by atoms with Crippen molar-refractivity contribution in [2.75, 3.05) is 0 Å². The Kier molecular flexibility index (Phi) is 13.7. The molecule has 0 fully saturated rings. The smallest absolute Gasteiger partial charge is 0.545 e. The van der Waals surface area contributed by atoms with Gasteiger partial charge in [-0.15, -0.1) is 0 Å². The first-order valence-corrected chi connectivity index (χ1v) is 4.71. The SMILES string of the molecule is C/C=C/C=C/C(=O)[O-].O=C(O)c1cccnc1.[K+]. The van der Waals surface area contributed by atoms with Crippen LogP contribution in [0, 0.1) is 0 Å². The molecular weight excluding hydrogens is 261 g/mol. The second-order valence-corrected chi connectivity index (χ2v) is 2.75. The number of carbonyl (C=O) groups excluding carboxylic acids is 1. The van der Waals surface area contributed by atoms with Gasteiger partial charge in [0, 0.05) is 12.4 Å². The molecule has 0 bridgehead atoms. The second kappa shape index (κ2) is 12.7. The Hall–Kier alpha value is -0.794. The minimum atomic E-state index is -1.16. The third kappa shape index (κ3) is 11.7. The molecule has 0 atom stereocenters. The molecule has 1 N–H and O–H groups in total. The largest absolute Gasteiger partial charge is 1.00 e. The maximum Gasteiger partial charge on any atom is 1.00 e. The molecule has 1 rings (SSSR count). The van der Waals surface area contributed by atoms with Crippen LogP contribution in [0.4, 0.5) is 0 Å². The molecule has 6 heteroatoms. The van der Waals surface area contributed by atoms with E-state index in [-0.39, 0.29) is 56.9 Å². The fourth-order valence-corrected chi connectivity index (χ4v) is 0.735. The van der Waals surface area contributed by atoms with Gasteiger partial charge in [0.2, 0.25) is 0 Å². The first-order chi connectivity index (χ1) is 8.07. The number of rotatable bonds is 3. The number of hydrogen-bond acceptors (Lipinski definition) is 4. The van der Waals surface area contributed by atoms with E-state index in [0.29, 0.717) is 0 Å². The summed E-state index contributed by atoms with van der Waals surface area (Å²) >= 11 is 0. The third-order valence-corrected chi connectivity index (χ3v) is 1.44. The normalized spacial score (nSPS) is 9.39. The van der Waals surface area contributed by atoms with Gasteiger partial charge >= 0.3 is 57.4 Å². The van der Waals surface area contributed by atoms with Crippen LogP contribution in [0.1, 0.15) is 17.3 Å². The molecule has 1 aromatic rings. The summed E-state index contributed by atoms with van der Waals surface area (Å²) < 4.78 is 0. The first kappa shape index (κ1) is 19.5. The van der Waals surface area contributed by atoms with E-state index in [1.54, 1.807) is 25.1 Å². The van der Waals surface area contributed by atoms with Crippen molar-refractivity contribution in [1.82, 2.24) is 4.98 Å². The quantitative estimate of drug-likeness (QED) is 0.378. The number of aromatic carboxylic acids is 1. The van der Waals surface area contributed by atoms with Crippen LogP contribution < -0.4 is 56.5 Å². The Morgan fingerprint density at radius 2 is 2.06 bits per heavy atom. The summed E-state index contributed by atoms with van der Waals surface area (Å²) in [6.45, 7) is 1.81. The van der Waals surface area contributed by atoms with Crippen LogP contribution in [-0.2, 0) is 4.79 Å². The van der Waals surface area contributed by atoms with Gasteiger partial charge in [-0.1, -0.05) is 18.2 Å². The van der Waals surface area contributed by atoms with Gasteiger partial charge in [-0.05, 0) is 25.1 Å². The monoisotopic (exact) mass is 273 g/mol. The molecule has 0 saturated heterocycles. The van der Waals surface area contributed by atoms with Crippen LogP contribution in [0.15, 0.2) is 48.8 Å². The van der Waals surface area contributed by atoms with Crippen molar-refractivity contribution in [3.63, 3.8) is 0 Å². The van der Waals surface area contributed by atoms with E-state index in [4.69, 9.17) is 5.11 Å². The predicted octanol–water partition coefficient (Wildman–Crippen LogP) is -2.35. The fourth-order valence-electron chi connectivity index (χ4n) is 0.735. The van der Waals surface area contributed by atoms with Crippen LogP contribution in [0.3, 0.4) is 0 Å². The first-order valence-electron chi connectivity index (χ1n) is 4.71. The summed E-state index contributed by atoms with van der Waals surface area (Å²) in [5, 5.41) is 18.0. The molecule has 0 spiro atoms. The van der Waals surface area contributed by atoms with Crippen molar-refractivity contribution in [3.8, 4) is 0 Å². The number of carboxylic acids is 2. The molecule has 0 amide bonds. The molecule has 0 aromatic carbocycles. The van der Waals surface area contributed by atoms with Crippen LogP contribution >= 0.6 is 0 Å². The van der Waals surface area contributed by atoms with Crippen molar-refractivity contribution in [1.29, 1.82) is 0 Å². The molecule has 1 aromatic heterocycles. The van der Waals surface area contributed by atoms with Crippen LogP contribution in [-0.4, -0.2) is 22.0 Å². The Bertz CT molecular complexity index is 415. The fraction of sp³-hybridized carbons (Fsp3) is 0.0833. The van der Waals surface area contributed by atoms with Gasteiger partial charge in [-0.2, -0.15) is 0 Å². The minimum absolute atomic E-state index is 0. The van der Waals surface area contributed by atoms with Gasteiger partial charge < -0.3 is 15.0 Å². The summed E-state index contributed by atoms with van der Waals surface area (Å²) in [4.78, 5) is 23.4. The zero-order valence-corrected chi connectivity index (χ0v) is 13.4. The Morgan fingerprint density at radius 1 is 1.39 bits per heavy atom. The molecule has 5 nitrogen and oxygen atoms in total. The van der Waals surface area contributed by atoms with Crippen molar-refractivity contribution < 1.29 is 71.2 Å². The van der Waals surface area contributed by atoms with Crippen molar-refractivity contribution in [2.45, 2.75) is 6.92 Å². The third-order valence-electron chi connectivity index (χ3n) is 1.44. The van der Waals surface area contributed by atoms with Crippen LogP contribution in [0.2, 0.25) is 0 Å². The summed E-state index contributed by atoms with van der Waals surface area (Å²) in [7, 11) is 0. The summed E-state index contributed by atoms with van der Waals surface area (Å²) in [5.41, 5.74) is 0.220. The predicted molar refractivity (Wildman–Crippen MR) is 60.2 cm³/mol. The summed E-state index contributed by atoms with van der Waals surface area (Å²) in [6, 6.07) is 3.08. The van der Waals surface area contributed by atoms with Gasteiger partial charge in [0.15, 0.2) is 0 Å². The van der Waals surface area contributed by atoms with E-state index >= 15 is 0 Å². The van der Waals surface area contributed by atoms with E-state index in [0.717, 1.165) is 6.08 Å². The number of nitrogens with zero attached hydrogens (tertiary/aromatic N) is 1. The van der Waals surface area contributed by atoms with E-state index < -0.39 is 11.9 Å². The molecule has 0 saturated carbocycles. The average Bonchev–Trinajstić information content (AvgIpc) is 2.31. The Morgan fingerprint density at radius 3 is 2.39 bits per heavy atom. The zero-order valence-electron chi connectivity index (χ0n) is 10.2. The molecule has 0 radical (unpaired) electrons. The van der Waals surface area contributed by atoms with Crippen LogP contribution in [0.25, 0.3) is 0 Å². The van der Waals surface area contributed by atoms with E-state index in [1.165, 1.54) is 24.5 Å². The van der Waals surface area contributed by atoms with Gasteiger partial charge in [-0.3, -0.25) is 4.98 Å². The van der Waals surface area contributed by atoms with E-state index in [1.807, 2.05) is 0 Å². The zero-order chi connectivity index (χ0) is 13.1. The number of hydrogen-bond donors (Lipinski definition) is 1. The van der Waals surface area contributed by atoms with E-state index in [2.05, 4.69) is 4.98 Å². The van der Waals surface area contributed by atoms with Crippen LogP contribution in [0.5, 0.6) is 0 Å². The van der Waals surface area contributed by atoms with Crippen molar-refractivity contribution in [3.05, 3.63) is 54.4 Å². The number of carbonyl (C=O) groups is 2. The Balaban J connectivity index is 0. The molecule has 0 aliphatic carbocycles. The summed E-state index contributed by atoms with van der Waals surface area (Å²) in [5.74, 6) is -2.11. The molecule has 90 valence electrons. The molecule has 0 aliphatic heterocycles. The topological polar surface area (TPSA) is 90.3 Å².